The van der Waals surface area contributed by atoms with Gasteiger partial charge in [-0.05, 0) is 96.3 Å². The molecule has 5 aromatic rings. The largest absolute Gasteiger partial charge is 0.737 e. The van der Waals surface area contributed by atoms with Crippen LogP contribution in [0.2, 0.25) is 0 Å². The highest BCUT2D eigenvalue weighted by atomic mass is 19.2. The Bertz CT molecular complexity index is 2330. The van der Waals surface area contributed by atoms with Gasteiger partial charge in [0.1, 0.15) is 5.71 Å². The third kappa shape index (κ3) is 5.02. The summed E-state index contributed by atoms with van der Waals surface area (Å²) in [5.74, 6) is 2.91. The van der Waals surface area contributed by atoms with E-state index in [9.17, 15) is 5.26 Å². The molecule has 0 saturated heterocycles. The van der Waals surface area contributed by atoms with Crippen LogP contribution < -0.4 is 16.4 Å². The molecule has 1 aromatic heterocycles. The molecular weight excluding hydrogens is 630 g/mol. The van der Waals surface area contributed by atoms with E-state index in [0.29, 0.717) is 22.8 Å². The van der Waals surface area contributed by atoms with Crippen LogP contribution in [-0.2, 0) is 0 Å². The summed E-state index contributed by atoms with van der Waals surface area (Å²) in [5, 5.41) is 11.4. The van der Waals surface area contributed by atoms with Gasteiger partial charge in [-0.1, -0.05) is 106 Å². The number of hydrogen-bond donors (Lipinski definition) is 0. The van der Waals surface area contributed by atoms with Crippen LogP contribution in [0.4, 0.5) is 8.63 Å². The van der Waals surface area contributed by atoms with Crippen molar-refractivity contribution in [3.8, 4) is 17.1 Å². The quantitative estimate of drug-likeness (QED) is 0.172. The van der Waals surface area contributed by atoms with Gasteiger partial charge in [0.05, 0.1) is 5.57 Å². The third-order valence-electron chi connectivity index (χ3n) is 11.4. The molecule has 3 heterocycles. The zero-order chi connectivity index (χ0) is 36.7. The average Bonchev–Trinajstić information content (AvgIpc) is 3.54. The van der Waals surface area contributed by atoms with Crippen LogP contribution in [0.25, 0.3) is 16.7 Å². The Morgan fingerprint density at radius 1 is 0.627 bits per heavy atom. The lowest BCUT2D eigenvalue weighted by atomic mass is 9.15. The molecule has 256 valence electrons. The molecule has 0 saturated carbocycles. The molecule has 0 spiro atoms. The zero-order valence-electron chi connectivity index (χ0n) is 31.3. The minimum atomic E-state index is -4.02. The highest BCUT2D eigenvalue weighted by molar-refractivity contribution is 7.17. The maximum Gasteiger partial charge on any atom is 0.737 e. The van der Waals surface area contributed by atoms with E-state index in [1.165, 1.54) is 20.1 Å². The topological polar surface area (TPSA) is 31.7 Å². The fourth-order valence-electron chi connectivity index (χ4n) is 9.80. The van der Waals surface area contributed by atoms with Gasteiger partial charge in [0.25, 0.3) is 0 Å². The van der Waals surface area contributed by atoms with Crippen LogP contribution in [-0.4, -0.2) is 27.8 Å². The minimum Gasteiger partial charge on any atom is -0.393 e. The minimum absolute atomic E-state index is 0.556. The lowest BCUT2D eigenvalue weighted by molar-refractivity contribution is -0.363. The van der Waals surface area contributed by atoms with Crippen LogP contribution >= 0.6 is 0 Å². The standard InChI is InChI=1S/C44H44B2F2N3/c1-26-19-28(3)41(29(4)20-26)45(25-49,42-30(5)21-27(2)22-31(42)6)39-17-15-37(16-18-39)36-11-13-38(14-12-36)40-43-32(7)23-34(9)50(43)46(47,48)51-35(10)24-33(8)44(40)51/h11-24H,1-10H3/q-1. The Hall–Kier alpha value is -5.21. The van der Waals surface area contributed by atoms with E-state index in [4.69, 9.17) is 0 Å². The van der Waals surface area contributed by atoms with Gasteiger partial charge in [-0.2, -0.15) is 16.4 Å². The molecule has 0 N–H and O–H groups in total. The Morgan fingerprint density at radius 3 is 1.55 bits per heavy atom. The fraction of sp³-hybridized carbons (Fsp3) is 0.227. The number of nitrogens with zero attached hydrogens (tertiary/aromatic N) is 3. The summed E-state index contributed by atoms with van der Waals surface area (Å²) in [6.07, 6.45) is -0.101. The molecular formula is C44H44B2F2N3-. The van der Waals surface area contributed by atoms with Crippen molar-refractivity contribution < 1.29 is 13.1 Å². The van der Waals surface area contributed by atoms with E-state index >= 15 is 8.63 Å². The lowest BCUT2D eigenvalue weighted by Crippen LogP contribution is -2.69. The number of halogens is 2. The molecule has 7 rings (SSSR count). The lowest BCUT2D eigenvalue weighted by Gasteiger charge is -2.41. The maximum atomic E-state index is 16.2. The molecule has 0 aliphatic carbocycles. The van der Waals surface area contributed by atoms with Crippen molar-refractivity contribution in [3.63, 3.8) is 0 Å². The van der Waals surface area contributed by atoms with E-state index in [0.717, 1.165) is 72.0 Å². The van der Waals surface area contributed by atoms with Crippen molar-refractivity contribution in [2.45, 2.75) is 69.2 Å². The number of hydrogen-bond acceptors (Lipinski definition) is 1. The summed E-state index contributed by atoms with van der Waals surface area (Å²) in [6, 6.07) is 27.4. The van der Waals surface area contributed by atoms with E-state index in [1.54, 1.807) is 13.8 Å². The van der Waals surface area contributed by atoms with Crippen molar-refractivity contribution in [3.05, 3.63) is 152 Å². The Morgan fingerprint density at radius 2 is 1.08 bits per heavy atom. The van der Waals surface area contributed by atoms with Crippen LogP contribution in [0.5, 0.6) is 0 Å². The second-order valence-electron chi connectivity index (χ2n) is 15.2. The van der Waals surface area contributed by atoms with Crippen molar-refractivity contribution in [2.24, 2.45) is 0 Å². The summed E-state index contributed by atoms with van der Waals surface area (Å²) < 4.78 is 34.8. The third-order valence-corrected chi connectivity index (χ3v) is 11.4. The van der Waals surface area contributed by atoms with Gasteiger partial charge in [-0.25, -0.2) is 5.26 Å². The highest BCUT2D eigenvalue weighted by Crippen LogP contribution is 2.44. The van der Waals surface area contributed by atoms with Crippen molar-refractivity contribution in [2.75, 3.05) is 0 Å². The summed E-state index contributed by atoms with van der Waals surface area (Å²) in [7, 11) is 0. The Labute approximate surface area is 301 Å². The van der Waals surface area contributed by atoms with Gasteiger partial charge in [0.15, 0.2) is 11.8 Å². The van der Waals surface area contributed by atoms with Gasteiger partial charge < -0.3 is 17.6 Å². The summed E-state index contributed by atoms with van der Waals surface area (Å²) >= 11 is 0. The second kappa shape index (κ2) is 11.9. The van der Waals surface area contributed by atoms with E-state index in [1.807, 2.05) is 26.0 Å². The number of allylic oxidation sites excluding steroid dienone is 2. The molecule has 0 bridgehead atoms. The van der Waals surface area contributed by atoms with Crippen LogP contribution in [0.1, 0.15) is 69.7 Å². The predicted molar refractivity (Wildman–Crippen MR) is 211 cm³/mol. The van der Waals surface area contributed by atoms with Crippen molar-refractivity contribution in [1.29, 1.82) is 5.26 Å². The Kier molecular flexibility index (Phi) is 8.02. The second-order valence-corrected chi connectivity index (χ2v) is 15.2. The molecule has 51 heavy (non-hydrogen) atoms. The first-order valence-corrected chi connectivity index (χ1v) is 17.8. The summed E-state index contributed by atoms with van der Waals surface area (Å²) in [4.78, 5) is 0. The number of fused-ring (bicyclic) bond motifs is 2. The number of aryl methyl sites for hydroxylation is 8. The Balaban J connectivity index is 1.35. The van der Waals surface area contributed by atoms with E-state index < -0.39 is 13.1 Å². The normalized spacial score (nSPS) is 15.2. The van der Waals surface area contributed by atoms with Crippen LogP contribution in [0.3, 0.4) is 0 Å². The number of benzene rings is 4. The molecule has 0 fully saturated rings. The smallest absolute Gasteiger partial charge is 0.393 e. The van der Waals surface area contributed by atoms with Crippen LogP contribution in [0.15, 0.2) is 96.2 Å². The summed E-state index contributed by atoms with van der Waals surface area (Å²) in [6.45, 7) is 16.1. The SMILES string of the molecule is CC1=CC(C)=[N+]2C1=C(c1ccc(-c3ccc([B-](C#N)(c4c(C)cc(C)cc4C)c4c(C)cc(C)cc4C)cc3)cc1)c1c(C)cc(C)n1[B-]2(F)F. The zero-order valence-corrected chi connectivity index (χ0v) is 31.3. The van der Waals surface area contributed by atoms with Crippen molar-refractivity contribution >= 4 is 40.8 Å². The predicted octanol–water partition coefficient (Wildman–Crippen LogP) is 8.58. The molecule has 4 aromatic carbocycles. The number of nitriles is 1. The fourth-order valence-corrected chi connectivity index (χ4v) is 9.80. The van der Waals surface area contributed by atoms with Gasteiger partial charge in [0.2, 0.25) is 0 Å². The average molecular weight is 674 g/mol. The maximum absolute atomic E-state index is 16.2. The molecule has 0 amide bonds. The molecule has 2 aliphatic rings. The highest BCUT2D eigenvalue weighted by Gasteiger charge is 2.55. The van der Waals surface area contributed by atoms with Crippen LogP contribution in [0, 0.1) is 66.6 Å². The first-order chi connectivity index (χ1) is 24.1. The van der Waals surface area contributed by atoms with Gasteiger partial charge in [-0.15, -0.1) is 5.97 Å². The first-order valence-electron chi connectivity index (χ1n) is 17.8. The molecule has 7 heteroatoms. The van der Waals surface area contributed by atoms with E-state index in [2.05, 4.69) is 120 Å². The van der Waals surface area contributed by atoms with Gasteiger partial charge >= 0.3 is 6.97 Å². The monoisotopic (exact) mass is 674 g/mol. The molecule has 0 radical (unpaired) electrons. The van der Waals surface area contributed by atoms with E-state index in [-0.39, 0.29) is 0 Å². The summed E-state index contributed by atoms with van der Waals surface area (Å²) in [5.41, 5.74) is 17.8. The van der Waals surface area contributed by atoms with Gasteiger partial charge in [0, 0.05) is 24.3 Å². The van der Waals surface area contributed by atoms with Crippen molar-refractivity contribution in [1.82, 2.24) is 4.48 Å². The van der Waals surface area contributed by atoms with Gasteiger partial charge in [-0.3, -0.25) is 0 Å². The number of aromatic nitrogens is 1. The molecule has 2 aliphatic heterocycles. The molecule has 0 unspecified atom stereocenters. The molecule has 0 atom stereocenters. The number of rotatable bonds is 5. The molecule has 3 nitrogen and oxygen atoms in total. The first kappa shape index (κ1) is 34.2.